The van der Waals surface area contributed by atoms with E-state index in [0.29, 0.717) is 30.5 Å². The van der Waals surface area contributed by atoms with E-state index in [0.717, 1.165) is 37.0 Å². The predicted octanol–water partition coefficient (Wildman–Crippen LogP) is 9.92. The van der Waals surface area contributed by atoms with E-state index in [1.165, 1.54) is 69.6 Å². The summed E-state index contributed by atoms with van der Waals surface area (Å²) in [6.45, 7) is 5.64. The molecule has 1 aliphatic heterocycles. The molecule has 2 bridgehead atoms. The highest BCUT2D eigenvalue weighted by molar-refractivity contribution is 6.25. The molecule has 4 atom stereocenters. The molecule has 3 aromatic rings. The van der Waals surface area contributed by atoms with Gasteiger partial charge >= 0.3 is 11.9 Å². The number of unbranched alkanes of at least 4 members (excludes halogenated alkanes) is 10. The summed E-state index contributed by atoms with van der Waals surface area (Å²) in [5.74, 6) is -1.29. The van der Waals surface area contributed by atoms with Crippen LogP contribution in [0.25, 0.3) is 0 Å². The SMILES string of the molecule is CCCCCCCCOc1ccc(OC(=O)c2ccc(C(=O)Oc3ccc(OCCCCCCCC)cc3)c(N3C(=O)C4C5C=CC(C5)C4C3=O)c2)cc1. The van der Waals surface area contributed by atoms with Crippen LogP contribution in [0, 0.1) is 23.7 Å². The minimum atomic E-state index is -0.763. The van der Waals surface area contributed by atoms with E-state index < -0.39 is 23.8 Å². The molecule has 0 radical (unpaired) electrons. The third kappa shape index (κ3) is 9.41. The van der Waals surface area contributed by atoms with E-state index in [1.54, 1.807) is 48.5 Å². The number of ether oxygens (including phenoxy) is 4. The van der Waals surface area contributed by atoms with Gasteiger partial charge in [0.25, 0.3) is 0 Å². The molecule has 2 fully saturated rings. The Balaban J connectivity index is 1.12. The van der Waals surface area contributed by atoms with E-state index in [9.17, 15) is 19.2 Å². The van der Waals surface area contributed by atoms with E-state index in [-0.39, 0.29) is 46.2 Å². The quantitative estimate of drug-likeness (QED) is 0.0350. The molecule has 3 aromatic carbocycles. The van der Waals surface area contributed by atoms with Gasteiger partial charge in [0.05, 0.1) is 41.9 Å². The van der Waals surface area contributed by atoms with Crippen LogP contribution in [0.5, 0.6) is 23.0 Å². The Labute approximate surface area is 319 Å². The number of fused-ring (bicyclic) bond motifs is 5. The molecule has 4 unspecified atom stereocenters. The molecular weight excluding hydrogens is 682 g/mol. The third-order valence-corrected chi connectivity index (χ3v) is 10.8. The molecule has 2 aliphatic carbocycles. The maximum atomic E-state index is 13.9. The highest BCUT2D eigenvalue weighted by Gasteiger charge is 2.60. The van der Waals surface area contributed by atoms with Gasteiger partial charge in [0.2, 0.25) is 11.8 Å². The van der Waals surface area contributed by atoms with Crippen molar-refractivity contribution in [2.24, 2.45) is 23.7 Å². The second-order valence-corrected chi connectivity index (χ2v) is 14.7. The van der Waals surface area contributed by atoms with Crippen molar-refractivity contribution >= 4 is 29.4 Å². The number of hydrogen-bond donors (Lipinski definition) is 0. The normalized spacial score (nSPS) is 19.6. The van der Waals surface area contributed by atoms with E-state index in [4.69, 9.17) is 18.9 Å². The molecule has 2 amide bonds. The Hall–Kier alpha value is -4.92. The van der Waals surface area contributed by atoms with Gasteiger partial charge < -0.3 is 18.9 Å². The summed E-state index contributed by atoms with van der Waals surface area (Å²) in [7, 11) is 0. The Morgan fingerprint density at radius 3 is 1.52 bits per heavy atom. The molecule has 286 valence electrons. The van der Waals surface area contributed by atoms with Gasteiger partial charge in [0.1, 0.15) is 23.0 Å². The van der Waals surface area contributed by atoms with Crippen LogP contribution in [0.4, 0.5) is 5.69 Å². The van der Waals surface area contributed by atoms with Gasteiger partial charge in [-0.25, -0.2) is 14.5 Å². The van der Waals surface area contributed by atoms with E-state index in [1.807, 2.05) is 12.2 Å². The first-order valence-corrected chi connectivity index (χ1v) is 20.0. The Morgan fingerprint density at radius 2 is 1.02 bits per heavy atom. The number of rotatable bonds is 21. The molecule has 1 heterocycles. The maximum absolute atomic E-state index is 13.9. The first-order valence-electron chi connectivity index (χ1n) is 20.0. The van der Waals surface area contributed by atoms with Crippen molar-refractivity contribution in [3.05, 3.63) is 90.0 Å². The van der Waals surface area contributed by atoms with Crippen molar-refractivity contribution in [1.82, 2.24) is 0 Å². The fraction of sp³-hybridized carbons (Fsp3) is 0.467. The van der Waals surface area contributed by atoms with Crippen molar-refractivity contribution in [3.8, 4) is 23.0 Å². The van der Waals surface area contributed by atoms with Crippen LogP contribution in [0.15, 0.2) is 78.9 Å². The number of imide groups is 1. The molecule has 9 nitrogen and oxygen atoms in total. The molecule has 1 saturated heterocycles. The highest BCUT2D eigenvalue weighted by atomic mass is 16.5. The zero-order chi connectivity index (χ0) is 37.9. The zero-order valence-corrected chi connectivity index (χ0v) is 31.6. The van der Waals surface area contributed by atoms with Gasteiger partial charge in [-0.15, -0.1) is 0 Å². The molecule has 3 aliphatic rings. The summed E-state index contributed by atoms with van der Waals surface area (Å²) >= 11 is 0. The lowest BCUT2D eigenvalue weighted by molar-refractivity contribution is -0.123. The number of carbonyl (C=O) groups excluding carboxylic acids is 4. The van der Waals surface area contributed by atoms with Crippen LogP contribution in [0.3, 0.4) is 0 Å². The minimum Gasteiger partial charge on any atom is -0.494 e. The van der Waals surface area contributed by atoms with Gasteiger partial charge in [0.15, 0.2) is 0 Å². The summed E-state index contributed by atoms with van der Waals surface area (Å²) in [5, 5.41) is 0. The van der Waals surface area contributed by atoms with Crippen LogP contribution < -0.4 is 23.8 Å². The average molecular weight is 736 g/mol. The monoisotopic (exact) mass is 735 g/mol. The second-order valence-electron chi connectivity index (χ2n) is 14.7. The fourth-order valence-electron chi connectivity index (χ4n) is 7.84. The van der Waals surface area contributed by atoms with Crippen LogP contribution in [0.1, 0.15) is 118 Å². The molecule has 9 heteroatoms. The van der Waals surface area contributed by atoms with Gasteiger partial charge in [0, 0.05) is 0 Å². The molecule has 54 heavy (non-hydrogen) atoms. The number of hydrogen-bond acceptors (Lipinski definition) is 8. The summed E-state index contributed by atoms with van der Waals surface area (Å²) in [4.78, 5) is 56.0. The lowest BCUT2D eigenvalue weighted by atomic mass is 9.85. The molecule has 0 spiro atoms. The van der Waals surface area contributed by atoms with E-state index >= 15 is 0 Å². The van der Waals surface area contributed by atoms with Crippen LogP contribution in [0.2, 0.25) is 0 Å². The number of nitrogens with zero attached hydrogens (tertiary/aromatic N) is 1. The fourth-order valence-corrected chi connectivity index (χ4v) is 7.84. The van der Waals surface area contributed by atoms with Crippen molar-refractivity contribution in [2.45, 2.75) is 97.3 Å². The topological polar surface area (TPSA) is 108 Å². The summed E-state index contributed by atoms with van der Waals surface area (Å²) in [6.07, 6.45) is 18.8. The Kier molecular flexibility index (Phi) is 13.6. The first kappa shape index (κ1) is 38.8. The van der Waals surface area contributed by atoms with Crippen LogP contribution in [-0.2, 0) is 9.59 Å². The average Bonchev–Trinajstić information content (AvgIpc) is 3.88. The minimum absolute atomic E-state index is 0.00980. The number of allylic oxidation sites excluding steroid dienone is 2. The Bertz CT molecular complexity index is 1750. The second kappa shape index (κ2) is 18.9. The van der Waals surface area contributed by atoms with Gasteiger partial charge in [-0.2, -0.15) is 0 Å². The standard InChI is InChI=1S/C45H53NO8/c1-3-5-7-9-11-13-27-51-34-18-22-36(23-19-34)53-44(49)33-17-26-38(39(30-33)46-42(47)40-31-15-16-32(29-31)41(40)43(46)48)45(50)54-37-24-20-35(21-25-37)52-28-14-12-10-8-6-4-2/h15-26,30-32,40-41H,3-14,27-29H2,1-2H3. The largest absolute Gasteiger partial charge is 0.494 e. The third-order valence-electron chi connectivity index (χ3n) is 10.8. The molecular formula is C45H53NO8. The summed E-state index contributed by atoms with van der Waals surface area (Å²) in [6, 6.07) is 17.8. The van der Waals surface area contributed by atoms with Gasteiger partial charge in [-0.1, -0.05) is 90.2 Å². The summed E-state index contributed by atoms with van der Waals surface area (Å²) < 4.78 is 23.1. The smallest absolute Gasteiger partial charge is 0.345 e. The maximum Gasteiger partial charge on any atom is 0.345 e. The number of esters is 2. The van der Waals surface area contributed by atoms with Gasteiger partial charge in [-0.3, -0.25) is 9.59 Å². The Morgan fingerprint density at radius 1 is 0.574 bits per heavy atom. The van der Waals surface area contributed by atoms with Crippen molar-refractivity contribution < 1.29 is 38.1 Å². The molecule has 1 saturated carbocycles. The molecule has 0 N–H and O–H groups in total. The predicted molar refractivity (Wildman–Crippen MR) is 207 cm³/mol. The summed E-state index contributed by atoms with van der Waals surface area (Å²) in [5.41, 5.74) is 0.0787. The zero-order valence-electron chi connectivity index (χ0n) is 31.6. The molecule has 6 rings (SSSR count). The van der Waals surface area contributed by atoms with Crippen LogP contribution >= 0.6 is 0 Å². The highest BCUT2D eigenvalue weighted by Crippen LogP contribution is 2.53. The van der Waals surface area contributed by atoms with Crippen molar-refractivity contribution in [2.75, 3.05) is 18.1 Å². The molecule has 0 aromatic heterocycles. The lowest BCUT2D eigenvalue weighted by Crippen LogP contribution is -2.34. The van der Waals surface area contributed by atoms with Crippen LogP contribution in [-0.4, -0.2) is 37.0 Å². The van der Waals surface area contributed by atoms with Crippen molar-refractivity contribution in [1.29, 1.82) is 0 Å². The number of anilines is 1. The van der Waals surface area contributed by atoms with Gasteiger partial charge in [-0.05, 0) is 97.8 Å². The lowest BCUT2D eigenvalue weighted by Gasteiger charge is -2.21. The number of benzene rings is 3. The number of amides is 2. The van der Waals surface area contributed by atoms with Crippen molar-refractivity contribution in [3.63, 3.8) is 0 Å². The van der Waals surface area contributed by atoms with E-state index in [2.05, 4.69) is 13.8 Å². The first-order chi connectivity index (χ1) is 26.4. The number of carbonyl (C=O) groups is 4.